The zero-order valence-electron chi connectivity index (χ0n) is 19.5. The maximum atomic E-state index is 13.6. The second kappa shape index (κ2) is 10.1. The summed E-state index contributed by atoms with van der Waals surface area (Å²) >= 11 is 6.27. The predicted molar refractivity (Wildman–Crippen MR) is 139 cm³/mol. The molecular formula is C26H26ClN3O4S. The van der Waals surface area contributed by atoms with Gasteiger partial charge >= 0.3 is 0 Å². The number of hydrogen-bond donors (Lipinski definition) is 1. The summed E-state index contributed by atoms with van der Waals surface area (Å²) in [5.41, 5.74) is 3.01. The Morgan fingerprint density at radius 2 is 1.80 bits per heavy atom. The van der Waals surface area contributed by atoms with Crippen molar-refractivity contribution in [1.82, 2.24) is 0 Å². The van der Waals surface area contributed by atoms with Crippen molar-refractivity contribution in [2.24, 2.45) is 0 Å². The third-order valence-electron chi connectivity index (χ3n) is 5.98. The van der Waals surface area contributed by atoms with Crippen molar-refractivity contribution in [1.29, 1.82) is 0 Å². The van der Waals surface area contributed by atoms with Gasteiger partial charge in [0.2, 0.25) is 11.8 Å². The first-order valence-electron chi connectivity index (χ1n) is 11.2. The van der Waals surface area contributed by atoms with Gasteiger partial charge in [0.1, 0.15) is 6.54 Å². The van der Waals surface area contributed by atoms with Gasteiger partial charge in [-0.25, -0.2) is 8.42 Å². The molecule has 0 aromatic heterocycles. The normalized spacial score (nSPS) is 13.7. The van der Waals surface area contributed by atoms with Crippen LogP contribution in [0.25, 0.3) is 0 Å². The zero-order valence-corrected chi connectivity index (χ0v) is 21.1. The zero-order chi connectivity index (χ0) is 25.2. The van der Waals surface area contributed by atoms with Crippen LogP contribution in [0.5, 0.6) is 0 Å². The monoisotopic (exact) mass is 511 g/mol. The van der Waals surface area contributed by atoms with Crippen LogP contribution in [0, 0.1) is 13.8 Å². The minimum Gasteiger partial charge on any atom is -0.324 e. The SMILES string of the molecule is Cc1ccc(NC(=O)CN(c2cccc(Cl)c2C)S(=O)(=O)c2ccccc2)cc1N1CCCC1=O. The van der Waals surface area contributed by atoms with Crippen LogP contribution >= 0.6 is 11.6 Å². The summed E-state index contributed by atoms with van der Waals surface area (Å²) in [4.78, 5) is 27.1. The topological polar surface area (TPSA) is 86.8 Å². The molecule has 1 N–H and O–H groups in total. The Morgan fingerprint density at radius 3 is 2.49 bits per heavy atom. The third kappa shape index (κ3) is 5.18. The van der Waals surface area contributed by atoms with E-state index in [-0.39, 0.29) is 10.8 Å². The Labute approximate surface area is 210 Å². The van der Waals surface area contributed by atoms with Crippen LogP contribution in [0.3, 0.4) is 0 Å². The maximum absolute atomic E-state index is 13.6. The number of aryl methyl sites for hydroxylation is 1. The van der Waals surface area contributed by atoms with Crippen molar-refractivity contribution in [3.05, 3.63) is 82.9 Å². The average molecular weight is 512 g/mol. The minimum atomic E-state index is -4.06. The number of hydrogen-bond acceptors (Lipinski definition) is 4. The Balaban J connectivity index is 1.65. The minimum absolute atomic E-state index is 0.0492. The van der Waals surface area contributed by atoms with Gasteiger partial charge in [-0.05, 0) is 67.8 Å². The largest absolute Gasteiger partial charge is 0.324 e. The second-order valence-corrected chi connectivity index (χ2v) is 10.7. The van der Waals surface area contributed by atoms with Crippen LogP contribution in [0.15, 0.2) is 71.6 Å². The van der Waals surface area contributed by atoms with Crippen molar-refractivity contribution in [2.75, 3.05) is 27.6 Å². The van der Waals surface area contributed by atoms with E-state index in [2.05, 4.69) is 5.32 Å². The summed E-state index contributed by atoms with van der Waals surface area (Å²) in [6.45, 7) is 3.80. The van der Waals surface area contributed by atoms with Crippen LogP contribution in [-0.4, -0.2) is 33.3 Å². The molecule has 0 bridgehead atoms. The molecule has 0 atom stereocenters. The molecule has 0 radical (unpaired) electrons. The molecule has 0 aliphatic carbocycles. The van der Waals surface area contributed by atoms with Gasteiger partial charge in [0.15, 0.2) is 0 Å². The molecule has 7 nitrogen and oxygen atoms in total. The van der Waals surface area contributed by atoms with E-state index in [1.165, 1.54) is 12.1 Å². The smallest absolute Gasteiger partial charge is 0.264 e. The molecule has 3 aromatic rings. The van der Waals surface area contributed by atoms with Gasteiger partial charge in [0, 0.05) is 29.4 Å². The number of nitrogens with zero attached hydrogens (tertiary/aromatic N) is 2. The molecule has 4 rings (SSSR count). The molecule has 1 saturated heterocycles. The molecule has 0 saturated carbocycles. The van der Waals surface area contributed by atoms with Crippen molar-refractivity contribution >= 4 is 50.5 Å². The van der Waals surface area contributed by atoms with Gasteiger partial charge in [-0.3, -0.25) is 13.9 Å². The molecule has 2 amide bonds. The van der Waals surface area contributed by atoms with Crippen LogP contribution in [0.1, 0.15) is 24.0 Å². The lowest BCUT2D eigenvalue weighted by Crippen LogP contribution is -2.38. The second-order valence-electron chi connectivity index (χ2n) is 8.41. The molecule has 35 heavy (non-hydrogen) atoms. The van der Waals surface area contributed by atoms with Gasteiger partial charge in [-0.1, -0.05) is 41.9 Å². The Morgan fingerprint density at radius 1 is 1.06 bits per heavy atom. The maximum Gasteiger partial charge on any atom is 0.264 e. The highest BCUT2D eigenvalue weighted by molar-refractivity contribution is 7.92. The van der Waals surface area contributed by atoms with Crippen molar-refractivity contribution in [2.45, 2.75) is 31.6 Å². The predicted octanol–water partition coefficient (Wildman–Crippen LogP) is 4.92. The molecule has 182 valence electrons. The highest BCUT2D eigenvalue weighted by atomic mass is 35.5. The fourth-order valence-corrected chi connectivity index (χ4v) is 5.77. The van der Waals surface area contributed by atoms with E-state index in [0.717, 1.165) is 22.0 Å². The number of halogens is 1. The van der Waals surface area contributed by atoms with E-state index in [1.807, 2.05) is 13.0 Å². The molecule has 0 unspecified atom stereocenters. The van der Waals surface area contributed by atoms with Crippen molar-refractivity contribution < 1.29 is 18.0 Å². The fraction of sp³-hybridized carbons (Fsp3) is 0.231. The van der Waals surface area contributed by atoms with Crippen LogP contribution in [0.4, 0.5) is 17.1 Å². The summed E-state index contributed by atoms with van der Waals surface area (Å²) in [6, 6.07) is 18.2. The standard InChI is InChI=1S/C26H26ClN3O4S/c1-18-13-14-20(16-24(18)29-15-7-12-26(29)32)28-25(31)17-30(23-11-6-10-22(27)19(23)2)35(33,34)21-8-4-3-5-9-21/h3-6,8-11,13-14,16H,7,12,15,17H2,1-2H3,(H,28,31). The Bertz CT molecular complexity index is 1380. The summed E-state index contributed by atoms with van der Waals surface area (Å²) in [7, 11) is -4.06. The van der Waals surface area contributed by atoms with E-state index < -0.39 is 22.5 Å². The number of rotatable bonds is 7. The first kappa shape index (κ1) is 24.8. The number of benzene rings is 3. The van der Waals surface area contributed by atoms with Crippen molar-refractivity contribution in [3.8, 4) is 0 Å². The number of sulfonamides is 1. The van der Waals surface area contributed by atoms with E-state index in [0.29, 0.717) is 34.9 Å². The molecule has 3 aromatic carbocycles. The molecule has 1 aliphatic heterocycles. The number of carbonyl (C=O) groups is 2. The summed E-state index contributed by atoms with van der Waals surface area (Å²) in [5, 5.41) is 3.19. The lowest BCUT2D eigenvalue weighted by Gasteiger charge is -2.26. The Kier molecular flexibility index (Phi) is 7.14. The Hall–Kier alpha value is -3.36. The van der Waals surface area contributed by atoms with Crippen LogP contribution in [0.2, 0.25) is 5.02 Å². The molecule has 1 aliphatic rings. The van der Waals surface area contributed by atoms with Gasteiger partial charge in [-0.2, -0.15) is 0 Å². The van der Waals surface area contributed by atoms with Crippen LogP contribution < -0.4 is 14.5 Å². The van der Waals surface area contributed by atoms with E-state index in [9.17, 15) is 18.0 Å². The van der Waals surface area contributed by atoms with Gasteiger partial charge < -0.3 is 10.2 Å². The van der Waals surface area contributed by atoms with Gasteiger partial charge in [-0.15, -0.1) is 0 Å². The third-order valence-corrected chi connectivity index (χ3v) is 8.17. The first-order chi connectivity index (χ1) is 16.7. The fourth-order valence-electron chi connectivity index (χ4n) is 4.10. The lowest BCUT2D eigenvalue weighted by molar-refractivity contribution is -0.117. The van der Waals surface area contributed by atoms with E-state index in [1.54, 1.807) is 60.4 Å². The molecule has 0 spiro atoms. The van der Waals surface area contributed by atoms with Crippen LogP contribution in [-0.2, 0) is 19.6 Å². The number of nitrogens with one attached hydrogen (secondary N) is 1. The first-order valence-corrected chi connectivity index (χ1v) is 13.0. The molecule has 9 heteroatoms. The summed E-state index contributed by atoms with van der Waals surface area (Å²) < 4.78 is 28.2. The van der Waals surface area contributed by atoms with E-state index >= 15 is 0 Å². The average Bonchev–Trinajstić information content (AvgIpc) is 3.27. The summed E-state index contributed by atoms with van der Waals surface area (Å²) in [5.74, 6) is -0.473. The quantitative estimate of drug-likeness (QED) is 0.488. The summed E-state index contributed by atoms with van der Waals surface area (Å²) in [6.07, 6.45) is 1.29. The number of anilines is 3. The number of amides is 2. The molecular weight excluding hydrogens is 486 g/mol. The van der Waals surface area contributed by atoms with Gasteiger partial charge in [0.05, 0.1) is 10.6 Å². The van der Waals surface area contributed by atoms with Crippen molar-refractivity contribution in [3.63, 3.8) is 0 Å². The highest BCUT2D eigenvalue weighted by Gasteiger charge is 2.29. The number of carbonyl (C=O) groups excluding carboxylic acids is 2. The molecule has 1 fully saturated rings. The van der Waals surface area contributed by atoms with Gasteiger partial charge in [0.25, 0.3) is 10.0 Å². The van der Waals surface area contributed by atoms with E-state index in [4.69, 9.17) is 11.6 Å². The molecule has 1 heterocycles. The highest BCUT2D eigenvalue weighted by Crippen LogP contribution is 2.31. The lowest BCUT2D eigenvalue weighted by atomic mass is 10.1.